The van der Waals surface area contributed by atoms with Crippen LogP contribution in [0.1, 0.15) is 43.2 Å². The minimum Gasteiger partial charge on any atom is -0.396 e. The third kappa shape index (κ3) is 3.58. The van der Waals surface area contributed by atoms with Crippen LogP contribution in [0, 0.1) is 12.8 Å². The topological polar surface area (TPSA) is 65.1 Å². The van der Waals surface area contributed by atoms with Crippen molar-refractivity contribution in [2.24, 2.45) is 5.92 Å². The van der Waals surface area contributed by atoms with E-state index in [9.17, 15) is 9.90 Å². The zero-order valence-electron chi connectivity index (χ0n) is 13.8. The Morgan fingerprint density at radius 3 is 2.96 bits per heavy atom. The summed E-state index contributed by atoms with van der Waals surface area (Å²) in [6, 6.07) is 6.27. The van der Waals surface area contributed by atoms with Crippen LogP contribution in [0.2, 0.25) is 0 Å². The van der Waals surface area contributed by atoms with Crippen molar-refractivity contribution in [1.29, 1.82) is 0 Å². The van der Waals surface area contributed by atoms with Gasteiger partial charge < -0.3 is 15.4 Å². The van der Waals surface area contributed by atoms with Crippen molar-refractivity contribution in [3.05, 3.63) is 35.5 Å². The van der Waals surface area contributed by atoms with Crippen LogP contribution in [0.3, 0.4) is 0 Å². The van der Waals surface area contributed by atoms with Crippen molar-refractivity contribution >= 4 is 16.8 Å². The summed E-state index contributed by atoms with van der Waals surface area (Å²) in [5.74, 6) is 0.254. The second-order valence-corrected chi connectivity index (χ2v) is 6.74. The molecule has 1 aromatic heterocycles. The van der Waals surface area contributed by atoms with Crippen LogP contribution < -0.4 is 5.32 Å². The number of fused-ring (bicyclic) bond motifs is 1. The number of aliphatic hydroxyl groups excluding tert-OH is 1. The molecule has 2 unspecified atom stereocenters. The minimum absolute atomic E-state index is 0.0535. The van der Waals surface area contributed by atoms with E-state index in [1.807, 2.05) is 12.3 Å². The van der Waals surface area contributed by atoms with E-state index < -0.39 is 0 Å². The Morgan fingerprint density at radius 1 is 1.30 bits per heavy atom. The lowest BCUT2D eigenvalue weighted by Crippen LogP contribution is -2.41. The second kappa shape index (κ2) is 7.18. The van der Waals surface area contributed by atoms with Gasteiger partial charge in [-0.25, -0.2) is 0 Å². The van der Waals surface area contributed by atoms with E-state index in [0.717, 1.165) is 42.1 Å². The van der Waals surface area contributed by atoms with Gasteiger partial charge in [-0.15, -0.1) is 0 Å². The van der Waals surface area contributed by atoms with E-state index in [1.165, 1.54) is 12.0 Å². The molecule has 3 rings (SSSR count). The molecular formula is C19H26N2O2. The molecule has 0 bridgehead atoms. The van der Waals surface area contributed by atoms with Crippen LogP contribution in [-0.4, -0.2) is 28.6 Å². The predicted molar refractivity (Wildman–Crippen MR) is 92.3 cm³/mol. The number of nitrogens with one attached hydrogen (secondary N) is 2. The first-order valence-electron chi connectivity index (χ1n) is 8.65. The summed E-state index contributed by atoms with van der Waals surface area (Å²) < 4.78 is 0. The van der Waals surface area contributed by atoms with Gasteiger partial charge in [0.25, 0.3) is 0 Å². The molecule has 124 valence electrons. The van der Waals surface area contributed by atoms with Gasteiger partial charge >= 0.3 is 0 Å². The smallest absolute Gasteiger partial charge is 0.224 e. The van der Waals surface area contributed by atoms with E-state index in [0.29, 0.717) is 6.42 Å². The normalized spacial score (nSPS) is 22.0. The van der Waals surface area contributed by atoms with Crippen LogP contribution in [0.5, 0.6) is 0 Å². The number of carbonyl (C=O) groups is 1. The first-order valence-corrected chi connectivity index (χ1v) is 8.65. The first kappa shape index (κ1) is 16.1. The Bertz CT molecular complexity index is 677. The summed E-state index contributed by atoms with van der Waals surface area (Å²) in [5.41, 5.74) is 3.34. The second-order valence-electron chi connectivity index (χ2n) is 6.74. The van der Waals surface area contributed by atoms with Gasteiger partial charge in [-0.1, -0.05) is 37.5 Å². The Morgan fingerprint density at radius 2 is 2.13 bits per heavy atom. The van der Waals surface area contributed by atoms with Crippen LogP contribution >= 0.6 is 0 Å². The lowest BCUT2D eigenvalue weighted by atomic mass is 9.95. The van der Waals surface area contributed by atoms with Gasteiger partial charge in [0.1, 0.15) is 0 Å². The Balaban J connectivity index is 1.69. The van der Waals surface area contributed by atoms with Crippen molar-refractivity contribution in [3.63, 3.8) is 0 Å². The molecule has 1 saturated carbocycles. The number of rotatable bonds is 4. The van der Waals surface area contributed by atoms with E-state index in [4.69, 9.17) is 0 Å². The standard InChI is InChI=1S/C19H26N2O2/c1-13-6-5-8-16-15(11-20-19(13)16)10-18(23)21-17-9-4-2-3-7-14(17)12-22/h5-6,8,11,14,17,20,22H,2-4,7,9-10,12H2,1H3,(H,21,23). The molecule has 0 aliphatic heterocycles. The third-order valence-corrected chi connectivity index (χ3v) is 5.10. The number of aromatic amines is 1. The van der Waals surface area contributed by atoms with Crippen molar-refractivity contribution < 1.29 is 9.90 Å². The predicted octanol–water partition coefficient (Wildman–Crippen LogP) is 3.08. The maximum absolute atomic E-state index is 12.5. The highest BCUT2D eigenvalue weighted by Crippen LogP contribution is 2.24. The Hall–Kier alpha value is -1.81. The van der Waals surface area contributed by atoms with Gasteiger partial charge in [0.2, 0.25) is 5.91 Å². The van der Waals surface area contributed by atoms with Gasteiger partial charge in [-0.3, -0.25) is 4.79 Å². The number of H-pyrrole nitrogens is 1. The van der Waals surface area contributed by atoms with Crippen molar-refractivity contribution in [1.82, 2.24) is 10.3 Å². The molecular weight excluding hydrogens is 288 g/mol. The average molecular weight is 314 g/mol. The number of amides is 1. The van der Waals surface area contributed by atoms with Crippen LogP contribution in [0.25, 0.3) is 10.9 Å². The maximum Gasteiger partial charge on any atom is 0.224 e. The lowest BCUT2D eigenvalue weighted by Gasteiger charge is -2.24. The highest BCUT2D eigenvalue weighted by Gasteiger charge is 2.24. The molecule has 2 atom stereocenters. The largest absolute Gasteiger partial charge is 0.396 e. The molecule has 2 aromatic rings. The molecule has 4 heteroatoms. The van der Waals surface area contributed by atoms with E-state index in [1.54, 1.807) is 0 Å². The molecule has 1 heterocycles. The number of aromatic nitrogens is 1. The maximum atomic E-state index is 12.5. The summed E-state index contributed by atoms with van der Waals surface area (Å²) in [4.78, 5) is 15.7. The van der Waals surface area contributed by atoms with Crippen molar-refractivity contribution in [3.8, 4) is 0 Å². The first-order chi connectivity index (χ1) is 11.2. The minimum atomic E-state index is 0.0535. The summed E-state index contributed by atoms with van der Waals surface area (Å²) in [5, 5.41) is 13.9. The zero-order valence-corrected chi connectivity index (χ0v) is 13.8. The highest BCUT2D eigenvalue weighted by molar-refractivity contribution is 5.90. The molecule has 1 aromatic carbocycles. The number of hydrogen-bond acceptors (Lipinski definition) is 2. The molecule has 1 fully saturated rings. The third-order valence-electron chi connectivity index (χ3n) is 5.10. The molecule has 1 aliphatic rings. The number of aryl methyl sites for hydroxylation is 1. The van der Waals surface area contributed by atoms with Crippen LogP contribution in [0.15, 0.2) is 24.4 Å². The van der Waals surface area contributed by atoms with Gasteiger partial charge in [0.05, 0.1) is 6.42 Å². The average Bonchev–Trinajstić information content (AvgIpc) is 2.81. The fraction of sp³-hybridized carbons (Fsp3) is 0.526. The van der Waals surface area contributed by atoms with Crippen LogP contribution in [-0.2, 0) is 11.2 Å². The van der Waals surface area contributed by atoms with E-state index in [-0.39, 0.29) is 24.5 Å². The molecule has 1 aliphatic carbocycles. The molecule has 0 radical (unpaired) electrons. The van der Waals surface area contributed by atoms with E-state index in [2.05, 4.69) is 29.4 Å². The fourth-order valence-electron chi connectivity index (χ4n) is 3.73. The van der Waals surface area contributed by atoms with Gasteiger partial charge in [0.15, 0.2) is 0 Å². The van der Waals surface area contributed by atoms with Gasteiger partial charge in [0, 0.05) is 35.7 Å². The SMILES string of the molecule is Cc1cccc2c(CC(=O)NC3CCCCCC3CO)c[nH]c12. The summed E-state index contributed by atoms with van der Waals surface area (Å²) >= 11 is 0. The number of benzene rings is 1. The molecule has 1 amide bonds. The molecule has 4 nitrogen and oxygen atoms in total. The molecule has 23 heavy (non-hydrogen) atoms. The number of aliphatic hydroxyl groups is 1. The Kier molecular flexibility index (Phi) is 5.01. The number of hydrogen-bond donors (Lipinski definition) is 3. The van der Waals surface area contributed by atoms with Crippen molar-refractivity contribution in [2.75, 3.05) is 6.61 Å². The molecule has 0 saturated heterocycles. The van der Waals surface area contributed by atoms with Gasteiger partial charge in [-0.05, 0) is 30.9 Å². The van der Waals surface area contributed by atoms with Crippen molar-refractivity contribution in [2.45, 2.75) is 51.5 Å². The summed E-state index contributed by atoms with van der Waals surface area (Å²) in [6.07, 6.45) is 7.79. The quantitative estimate of drug-likeness (QED) is 0.759. The monoisotopic (exact) mass is 314 g/mol. The summed E-state index contributed by atoms with van der Waals surface area (Å²) in [6.45, 7) is 2.23. The zero-order chi connectivity index (χ0) is 16.2. The van der Waals surface area contributed by atoms with E-state index >= 15 is 0 Å². The van der Waals surface area contributed by atoms with Gasteiger partial charge in [-0.2, -0.15) is 0 Å². The lowest BCUT2D eigenvalue weighted by molar-refractivity contribution is -0.121. The molecule has 0 spiro atoms. The number of carbonyl (C=O) groups excluding carboxylic acids is 1. The number of para-hydroxylation sites is 1. The highest BCUT2D eigenvalue weighted by atomic mass is 16.3. The summed E-state index contributed by atoms with van der Waals surface area (Å²) in [7, 11) is 0. The fourth-order valence-corrected chi connectivity index (χ4v) is 3.73. The van der Waals surface area contributed by atoms with Crippen LogP contribution in [0.4, 0.5) is 0 Å². The Labute approximate surface area is 137 Å². The molecule has 3 N–H and O–H groups in total.